The first kappa shape index (κ1) is 21.5. The van der Waals surface area contributed by atoms with E-state index >= 15 is 0 Å². The van der Waals surface area contributed by atoms with Crippen molar-refractivity contribution in [3.05, 3.63) is 94.8 Å². The number of amides is 1. The number of carbonyl (C=O) groups excluding carboxylic acids is 1. The molecule has 7 heteroatoms. The van der Waals surface area contributed by atoms with Crippen LogP contribution in [0.1, 0.15) is 22.5 Å². The molecule has 3 rings (SSSR count). The molecule has 0 aliphatic carbocycles. The van der Waals surface area contributed by atoms with E-state index in [4.69, 9.17) is 4.42 Å². The normalized spacial score (nSPS) is 11.8. The lowest BCUT2D eigenvalue weighted by molar-refractivity contribution is -0.116. The molecule has 0 atom stereocenters. The van der Waals surface area contributed by atoms with Gasteiger partial charge in [0, 0.05) is 11.1 Å². The van der Waals surface area contributed by atoms with Crippen LogP contribution in [0, 0.1) is 13.8 Å². The molecule has 1 heterocycles. The maximum atomic E-state index is 12.9. The Hall–Kier alpha value is -3.16. The van der Waals surface area contributed by atoms with Crippen molar-refractivity contribution in [1.82, 2.24) is 4.31 Å². The minimum absolute atomic E-state index is 0.0468. The average Bonchev–Trinajstić information content (AvgIpc) is 3.23. The number of anilines is 1. The van der Waals surface area contributed by atoms with Gasteiger partial charge in [0.25, 0.3) is 0 Å². The summed E-state index contributed by atoms with van der Waals surface area (Å²) in [6.45, 7) is 3.55. The number of carbonyl (C=O) groups is 1. The topological polar surface area (TPSA) is 79.6 Å². The summed E-state index contributed by atoms with van der Waals surface area (Å²) < 4.78 is 32.2. The molecule has 0 saturated carbocycles. The second kappa shape index (κ2) is 9.56. The fourth-order valence-electron chi connectivity index (χ4n) is 2.81. The second-order valence-corrected chi connectivity index (χ2v) is 8.77. The van der Waals surface area contributed by atoms with Crippen molar-refractivity contribution in [3.8, 4) is 0 Å². The standard InChI is InChI=1S/C23H24N2O4S/c1-18-10-11-21(15-19(18)2)24-23(26)17-25(16-22-9-6-13-29-22)30(27,28)14-12-20-7-4-3-5-8-20/h3-15H,16-17H2,1-2H3,(H,24,26)/b14-12+. The van der Waals surface area contributed by atoms with E-state index in [9.17, 15) is 13.2 Å². The van der Waals surface area contributed by atoms with E-state index in [1.807, 2.05) is 44.2 Å². The second-order valence-electron chi connectivity index (χ2n) is 6.95. The molecule has 30 heavy (non-hydrogen) atoms. The molecule has 1 aromatic heterocycles. The Labute approximate surface area is 176 Å². The van der Waals surface area contributed by atoms with Crippen LogP contribution in [0.5, 0.6) is 0 Å². The minimum atomic E-state index is -3.87. The largest absolute Gasteiger partial charge is 0.468 e. The van der Waals surface area contributed by atoms with Crippen LogP contribution >= 0.6 is 0 Å². The number of hydrogen-bond donors (Lipinski definition) is 1. The zero-order chi connectivity index (χ0) is 21.6. The van der Waals surface area contributed by atoms with Gasteiger partial charge in [-0.15, -0.1) is 0 Å². The van der Waals surface area contributed by atoms with Gasteiger partial charge in [-0.05, 0) is 60.9 Å². The fourth-order valence-corrected chi connectivity index (χ4v) is 3.91. The molecule has 1 N–H and O–H groups in total. The zero-order valence-electron chi connectivity index (χ0n) is 16.9. The predicted molar refractivity (Wildman–Crippen MR) is 118 cm³/mol. The molecule has 0 radical (unpaired) electrons. The monoisotopic (exact) mass is 424 g/mol. The van der Waals surface area contributed by atoms with Gasteiger partial charge in [-0.2, -0.15) is 4.31 Å². The first-order valence-corrected chi connectivity index (χ1v) is 11.0. The number of nitrogens with one attached hydrogen (secondary N) is 1. The molecule has 6 nitrogen and oxygen atoms in total. The van der Waals surface area contributed by atoms with Crippen molar-refractivity contribution in [1.29, 1.82) is 0 Å². The van der Waals surface area contributed by atoms with Crippen molar-refractivity contribution in [2.24, 2.45) is 0 Å². The van der Waals surface area contributed by atoms with Crippen molar-refractivity contribution in [3.63, 3.8) is 0 Å². The van der Waals surface area contributed by atoms with Crippen LogP contribution in [-0.2, 0) is 21.4 Å². The Bertz CT molecular complexity index is 1120. The van der Waals surface area contributed by atoms with Crippen LogP contribution in [0.4, 0.5) is 5.69 Å². The lowest BCUT2D eigenvalue weighted by Crippen LogP contribution is -2.36. The highest BCUT2D eigenvalue weighted by molar-refractivity contribution is 7.92. The molecular weight excluding hydrogens is 400 g/mol. The van der Waals surface area contributed by atoms with Gasteiger partial charge in [0.05, 0.1) is 19.4 Å². The minimum Gasteiger partial charge on any atom is -0.468 e. The highest BCUT2D eigenvalue weighted by Crippen LogP contribution is 2.16. The summed E-state index contributed by atoms with van der Waals surface area (Å²) >= 11 is 0. The first-order valence-electron chi connectivity index (χ1n) is 9.46. The van der Waals surface area contributed by atoms with E-state index in [2.05, 4.69) is 5.32 Å². The number of hydrogen-bond acceptors (Lipinski definition) is 4. The van der Waals surface area contributed by atoms with E-state index in [0.717, 1.165) is 26.4 Å². The summed E-state index contributed by atoms with van der Waals surface area (Å²) in [5, 5.41) is 3.87. The van der Waals surface area contributed by atoms with E-state index < -0.39 is 15.9 Å². The fraction of sp³-hybridized carbons (Fsp3) is 0.174. The molecule has 0 aliphatic heterocycles. The van der Waals surface area contributed by atoms with E-state index in [-0.39, 0.29) is 13.1 Å². The smallest absolute Gasteiger partial charge is 0.239 e. The maximum absolute atomic E-state index is 12.9. The Balaban J connectivity index is 1.78. The molecule has 3 aromatic rings. The molecule has 0 unspecified atom stereocenters. The quantitative estimate of drug-likeness (QED) is 0.583. The number of sulfonamides is 1. The van der Waals surface area contributed by atoms with Gasteiger partial charge in [0.15, 0.2) is 0 Å². The molecule has 0 bridgehead atoms. The number of furan rings is 1. The zero-order valence-corrected chi connectivity index (χ0v) is 17.7. The van der Waals surface area contributed by atoms with Gasteiger partial charge in [-0.1, -0.05) is 36.4 Å². The van der Waals surface area contributed by atoms with E-state index in [1.54, 1.807) is 30.3 Å². The Morgan fingerprint density at radius 2 is 1.80 bits per heavy atom. The van der Waals surface area contributed by atoms with Gasteiger partial charge in [-0.25, -0.2) is 8.42 Å². The first-order chi connectivity index (χ1) is 14.3. The molecule has 1 amide bonds. The highest BCUT2D eigenvalue weighted by Gasteiger charge is 2.24. The Morgan fingerprint density at radius 1 is 1.03 bits per heavy atom. The lowest BCUT2D eigenvalue weighted by Gasteiger charge is -2.19. The number of rotatable bonds is 8. The van der Waals surface area contributed by atoms with Crippen LogP contribution in [0.25, 0.3) is 6.08 Å². The Kier molecular flexibility index (Phi) is 6.87. The maximum Gasteiger partial charge on any atom is 0.239 e. The van der Waals surface area contributed by atoms with Gasteiger partial charge < -0.3 is 9.73 Å². The summed E-state index contributed by atoms with van der Waals surface area (Å²) in [7, 11) is -3.87. The third-order valence-electron chi connectivity index (χ3n) is 4.61. The summed E-state index contributed by atoms with van der Waals surface area (Å²) in [4.78, 5) is 12.6. The molecule has 0 aliphatic rings. The average molecular weight is 425 g/mol. The van der Waals surface area contributed by atoms with E-state index in [1.165, 1.54) is 12.3 Å². The molecule has 156 valence electrons. The number of aryl methyl sites for hydroxylation is 2. The summed E-state index contributed by atoms with van der Waals surface area (Å²) in [6.07, 6.45) is 2.97. The van der Waals surface area contributed by atoms with Gasteiger partial charge in [0.1, 0.15) is 5.76 Å². The molecule has 0 spiro atoms. The molecule has 0 saturated heterocycles. The van der Waals surface area contributed by atoms with Crippen molar-refractivity contribution < 1.29 is 17.6 Å². The van der Waals surface area contributed by atoms with Crippen molar-refractivity contribution in [2.75, 3.05) is 11.9 Å². The Morgan fingerprint density at radius 3 is 2.47 bits per heavy atom. The molecule has 0 fully saturated rings. The van der Waals surface area contributed by atoms with Crippen molar-refractivity contribution >= 4 is 27.7 Å². The van der Waals surface area contributed by atoms with Gasteiger partial charge in [0.2, 0.25) is 15.9 Å². The molecule has 2 aromatic carbocycles. The van der Waals surface area contributed by atoms with Gasteiger partial charge in [-0.3, -0.25) is 4.79 Å². The predicted octanol–water partition coefficient (Wildman–Crippen LogP) is 4.34. The lowest BCUT2D eigenvalue weighted by atomic mass is 10.1. The molecular formula is C23H24N2O4S. The third kappa shape index (κ3) is 5.92. The number of benzene rings is 2. The van der Waals surface area contributed by atoms with Crippen molar-refractivity contribution in [2.45, 2.75) is 20.4 Å². The SMILES string of the molecule is Cc1ccc(NC(=O)CN(Cc2ccco2)S(=O)(=O)/C=C/c2ccccc2)cc1C. The summed E-state index contributed by atoms with van der Waals surface area (Å²) in [5.41, 5.74) is 3.52. The number of nitrogens with zero attached hydrogens (tertiary/aromatic N) is 1. The van der Waals surface area contributed by atoms with Crippen LogP contribution in [0.2, 0.25) is 0 Å². The van der Waals surface area contributed by atoms with Crippen LogP contribution in [0.15, 0.2) is 76.8 Å². The summed E-state index contributed by atoms with van der Waals surface area (Å²) in [6, 6.07) is 18.0. The highest BCUT2D eigenvalue weighted by atomic mass is 32.2. The van der Waals surface area contributed by atoms with Gasteiger partial charge >= 0.3 is 0 Å². The third-order valence-corrected chi connectivity index (χ3v) is 6.07. The van der Waals surface area contributed by atoms with Crippen LogP contribution < -0.4 is 5.32 Å². The van der Waals surface area contributed by atoms with Crippen LogP contribution in [-0.4, -0.2) is 25.2 Å². The van der Waals surface area contributed by atoms with Crippen LogP contribution in [0.3, 0.4) is 0 Å². The summed E-state index contributed by atoms with van der Waals surface area (Å²) in [5.74, 6) is 0.0205. The van der Waals surface area contributed by atoms with E-state index in [0.29, 0.717) is 11.4 Å².